The minimum absolute atomic E-state index is 0.189. The zero-order valence-corrected chi connectivity index (χ0v) is 14.3. The number of amides is 1. The summed E-state index contributed by atoms with van der Waals surface area (Å²) in [4.78, 5) is 37.2. The summed E-state index contributed by atoms with van der Waals surface area (Å²) in [6, 6.07) is 9.24. The molecule has 0 aliphatic carbocycles. The van der Waals surface area contributed by atoms with Gasteiger partial charge in [-0.05, 0) is 18.4 Å². The predicted octanol–water partition coefficient (Wildman–Crippen LogP) is 2.56. The van der Waals surface area contributed by atoms with Crippen molar-refractivity contribution < 1.29 is 24.2 Å². The molecule has 1 aromatic rings. The van der Waals surface area contributed by atoms with Crippen molar-refractivity contribution in [3.05, 3.63) is 48.0 Å². The highest BCUT2D eigenvalue weighted by molar-refractivity contribution is 5.83. The van der Waals surface area contributed by atoms with Gasteiger partial charge in [0.1, 0.15) is 6.10 Å². The van der Waals surface area contributed by atoms with Gasteiger partial charge >= 0.3 is 11.9 Å². The van der Waals surface area contributed by atoms with Crippen molar-refractivity contribution in [1.29, 1.82) is 0 Å². The molecule has 1 aliphatic heterocycles. The summed E-state index contributed by atoms with van der Waals surface area (Å²) in [6.07, 6.45) is 3.87. The van der Waals surface area contributed by atoms with Gasteiger partial charge in [0.15, 0.2) is 0 Å². The Morgan fingerprint density at radius 1 is 1.24 bits per heavy atom. The number of ether oxygens (including phenoxy) is 1. The molecule has 6 nitrogen and oxygen atoms in total. The Morgan fingerprint density at radius 3 is 2.64 bits per heavy atom. The molecule has 0 bridgehead atoms. The lowest BCUT2D eigenvalue weighted by atomic mass is 9.98. The second kappa shape index (κ2) is 9.01. The first kappa shape index (κ1) is 18.7. The van der Waals surface area contributed by atoms with E-state index >= 15 is 0 Å². The highest BCUT2D eigenvalue weighted by Crippen LogP contribution is 2.22. The lowest BCUT2D eigenvalue weighted by molar-refractivity contribution is -0.153. The molecule has 0 spiro atoms. The van der Waals surface area contributed by atoms with Crippen molar-refractivity contribution in [3.63, 3.8) is 0 Å². The Balaban J connectivity index is 2.24. The van der Waals surface area contributed by atoms with Gasteiger partial charge in [0.05, 0.1) is 18.9 Å². The van der Waals surface area contributed by atoms with Crippen molar-refractivity contribution in [1.82, 2.24) is 4.90 Å². The Labute approximate surface area is 147 Å². The third-order valence-corrected chi connectivity index (χ3v) is 4.13. The summed E-state index contributed by atoms with van der Waals surface area (Å²) in [6.45, 7) is 0.189. The first-order chi connectivity index (χ1) is 12.0. The van der Waals surface area contributed by atoms with Gasteiger partial charge in [-0.3, -0.25) is 14.4 Å². The number of rotatable bonds is 3. The van der Waals surface area contributed by atoms with Gasteiger partial charge in [-0.15, -0.1) is 0 Å². The van der Waals surface area contributed by atoms with Crippen LogP contribution in [0.15, 0.2) is 42.5 Å². The molecule has 1 aliphatic rings. The third-order valence-electron chi connectivity index (χ3n) is 4.13. The SMILES string of the molecule is CN1C[C@@H](c2ccccc2)OC(=O)CC/C=C/C[C@@H](CC(=O)O)C1=O. The average molecular weight is 345 g/mol. The minimum atomic E-state index is -1.00. The van der Waals surface area contributed by atoms with Gasteiger partial charge in [0.2, 0.25) is 5.91 Å². The lowest BCUT2D eigenvalue weighted by Crippen LogP contribution is -2.37. The zero-order chi connectivity index (χ0) is 18.2. The maximum Gasteiger partial charge on any atom is 0.306 e. The molecular formula is C19H23NO5. The fourth-order valence-corrected chi connectivity index (χ4v) is 2.81. The van der Waals surface area contributed by atoms with Crippen LogP contribution in [0, 0.1) is 5.92 Å². The van der Waals surface area contributed by atoms with Crippen LogP contribution in [0.4, 0.5) is 0 Å². The third kappa shape index (κ3) is 5.74. The molecule has 0 unspecified atom stereocenters. The number of nitrogens with zero attached hydrogens (tertiary/aromatic N) is 1. The second-order valence-electron chi connectivity index (χ2n) is 6.15. The van der Waals surface area contributed by atoms with E-state index in [1.807, 2.05) is 30.3 Å². The monoisotopic (exact) mass is 345 g/mol. The van der Waals surface area contributed by atoms with E-state index in [4.69, 9.17) is 9.84 Å². The molecule has 25 heavy (non-hydrogen) atoms. The molecule has 1 amide bonds. The zero-order valence-electron chi connectivity index (χ0n) is 14.3. The molecule has 1 N–H and O–H groups in total. The number of carboxylic acids is 1. The number of carbonyl (C=O) groups is 3. The Morgan fingerprint density at radius 2 is 1.96 bits per heavy atom. The Hall–Kier alpha value is -2.63. The number of hydrogen-bond acceptors (Lipinski definition) is 4. The number of carboxylic acid groups (broad SMARTS) is 1. The summed E-state index contributed by atoms with van der Waals surface area (Å²) >= 11 is 0. The molecule has 1 heterocycles. The molecule has 0 fully saturated rings. The van der Waals surface area contributed by atoms with E-state index in [1.54, 1.807) is 19.2 Å². The maximum atomic E-state index is 12.6. The van der Waals surface area contributed by atoms with Gasteiger partial charge in [0.25, 0.3) is 0 Å². The molecule has 134 valence electrons. The fraction of sp³-hybridized carbons (Fsp3) is 0.421. The topological polar surface area (TPSA) is 83.9 Å². The first-order valence-electron chi connectivity index (χ1n) is 8.33. The number of hydrogen-bond donors (Lipinski definition) is 1. The first-order valence-corrected chi connectivity index (χ1v) is 8.33. The Bertz CT molecular complexity index is 640. The number of carbonyl (C=O) groups excluding carboxylic acids is 2. The van der Waals surface area contributed by atoms with Crippen LogP contribution in [0.1, 0.15) is 37.4 Å². The molecular weight excluding hydrogens is 322 g/mol. The fourth-order valence-electron chi connectivity index (χ4n) is 2.81. The second-order valence-corrected chi connectivity index (χ2v) is 6.15. The van der Waals surface area contributed by atoms with Crippen molar-refractivity contribution in [3.8, 4) is 0 Å². The van der Waals surface area contributed by atoms with E-state index in [1.165, 1.54) is 4.90 Å². The molecule has 2 rings (SSSR count). The summed E-state index contributed by atoms with van der Waals surface area (Å²) in [5.41, 5.74) is 0.804. The van der Waals surface area contributed by atoms with Gasteiger partial charge in [-0.1, -0.05) is 42.5 Å². The van der Waals surface area contributed by atoms with Gasteiger partial charge in [-0.2, -0.15) is 0 Å². The lowest BCUT2D eigenvalue weighted by Gasteiger charge is -2.27. The maximum absolute atomic E-state index is 12.6. The normalized spacial score (nSPS) is 24.0. The van der Waals surface area contributed by atoms with Crippen LogP contribution >= 0.6 is 0 Å². The van der Waals surface area contributed by atoms with E-state index in [0.717, 1.165) is 5.56 Å². The van der Waals surface area contributed by atoms with Crippen molar-refractivity contribution >= 4 is 17.8 Å². The Kier molecular flexibility index (Phi) is 6.74. The summed E-state index contributed by atoms with van der Waals surface area (Å²) in [5.74, 6) is -2.20. The molecule has 6 heteroatoms. The molecule has 0 radical (unpaired) electrons. The van der Waals surface area contributed by atoms with Crippen LogP contribution in [0.3, 0.4) is 0 Å². The summed E-state index contributed by atoms with van der Waals surface area (Å²) < 4.78 is 5.56. The quantitative estimate of drug-likeness (QED) is 0.672. The number of likely N-dealkylation sites (N-methyl/N-ethyl adjacent to an activating group) is 1. The van der Waals surface area contributed by atoms with Crippen LogP contribution in [0.25, 0.3) is 0 Å². The molecule has 0 aromatic heterocycles. The molecule has 2 atom stereocenters. The summed E-state index contributed by atoms with van der Waals surface area (Å²) in [7, 11) is 1.61. The van der Waals surface area contributed by atoms with E-state index in [2.05, 4.69) is 0 Å². The predicted molar refractivity (Wildman–Crippen MR) is 91.6 cm³/mol. The number of cyclic esters (lactones) is 1. The summed E-state index contributed by atoms with van der Waals surface area (Å²) in [5, 5.41) is 9.06. The number of benzene rings is 1. The van der Waals surface area contributed by atoms with Crippen LogP contribution in [0.5, 0.6) is 0 Å². The van der Waals surface area contributed by atoms with Crippen molar-refractivity contribution in [2.75, 3.05) is 13.6 Å². The number of esters is 1. The van der Waals surface area contributed by atoms with Crippen LogP contribution in [0.2, 0.25) is 0 Å². The van der Waals surface area contributed by atoms with E-state index in [-0.39, 0.29) is 31.3 Å². The number of aliphatic carboxylic acids is 1. The van der Waals surface area contributed by atoms with E-state index < -0.39 is 18.0 Å². The minimum Gasteiger partial charge on any atom is -0.481 e. The highest BCUT2D eigenvalue weighted by Gasteiger charge is 2.27. The van der Waals surface area contributed by atoms with E-state index in [0.29, 0.717) is 12.8 Å². The average Bonchev–Trinajstić information content (AvgIpc) is 2.58. The largest absolute Gasteiger partial charge is 0.481 e. The van der Waals surface area contributed by atoms with Crippen molar-refractivity contribution in [2.24, 2.45) is 5.92 Å². The van der Waals surface area contributed by atoms with Gasteiger partial charge in [0, 0.05) is 13.5 Å². The van der Waals surface area contributed by atoms with Gasteiger partial charge < -0.3 is 14.7 Å². The molecule has 0 saturated heterocycles. The van der Waals surface area contributed by atoms with E-state index in [9.17, 15) is 14.4 Å². The highest BCUT2D eigenvalue weighted by atomic mass is 16.5. The standard InChI is InChI=1S/C19H23NO5/c1-20-13-16(14-8-4-2-5-9-14)25-18(23)11-7-3-6-10-15(19(20)24)12-17(21)22/h2-6,8-9,15-16H,7,10-13H2,1H3,(H,21,22)/b6-3+/t15-,16-/m0/s1. The van der Waals surface area contributed by atoms with Crippen LogP contribution in [-0.2, 0) is 19.1 Å². The number of allylic oxidation sites excluding steroid dienone is 2. The van der Waals surface area contributed by atoms with Gasteiger partial charge in [-0.25, -0.2) is 0 Å². The van der Waals surface area contributed by atoms with Crippen molar-refractivity contribution in [2.45, 2.75) is 31.8 Å². The van der Waals surface area contributed by atoms with Crippen LogP contribution in [-0.4, -0.2) is 41.4 Å². The molecule has 0 saturated carbocycles. The molecule has 1 aromatic carbocycles. The van der Waals surface area contributed by atoms with Crippen LogP contribution < -0.4 is 0 Å². The smallest absolute Gasteiger partial charge is 0.306 e.